The fraction of sp³-hybridized carbons (Fsp3) is 0.160. The third-order valence-corrected chi connectivity index (χ3v) is 5.58. The Hall–Kier alpha value is -3.84. The molecule has 0 atom stereocenters. The molecule has 2 heterocycles. The van der Waals surface area contributed by atoms with Crippen molar-refractivity contribution in [3.63, 3.8) is 0 Å². The fourth-order valence-electron chi connectivity index (χ4n) is 3.85. The summed E-state index contributed by atoms with van der Waals surface area (Å²) in [5.74, 6) is -0.813. The summed E-state index contributed by atoms with van der Waals surface area (Å²) in [6.45, 7) is 6.17. The summed E-state index contributed by atoms with van der Waals surface area (Å²) in [4.78, 5) is 39.2. The minimum atomic E-state index is -0.796. The minimum absolute atomic E-state index is 0.130. The lowest BCUT2D eigenvalue weighted by Gasteiger charge is -2.26. The Balaban J connectivity index is 1.72. The SMILES string of the molecule is CCOc1ccc(N2C(=O)NC(=O)/C(=C\c3cc(C)n(-c4cccc(Cl)c4)c3C)C2=O)cc1. The van der Waals surface area contributed by atoms with Gasteiger partial charge in [0, 0.05) is 22.1 Å². The molecule has 3 aromatic rings. The van der Waals surface area contributed by atoms with Gasteiger partial charge in [0.1, 0.15) is 11.3 Å². The number of urea groups is 1. The van der Waals surface area contributed by atoms with Gasteiger partial charge < -0.3 is 9.30 Å². The molecule has 1 aromatic heterocycles. The molecule has 168 valence electrons. The standard InChI is InChI=1S/C25H22ClN3O4/c1-4-33-21-10-8-19(9-11-21)29-24(31)22(23(30)27-25(29)32)13-17-12-15(2)28(16(17)3)20-7-5-6-18(26)14-20/h5-14H,4H2,1-3H3,(H,27,30,32)/b22-13+. The second-order valence-corrected chi connectivity index (χ2v) is 7.96. The van der Waals surface area contributed by atoms with Crippen molar-refractivity contribution in [1.82, 2.24) is 9.88 Å². The van der Waals surface area contributed by atoms with Crippen molar-refractivity contribution in [2.75, 3.05) is 11.5 Å². The minimum Gasteiger partial charge on any atom is -0.494 e. The van der Waals surface area contributed by atoms with Gasteiger partial charge in [0.2, 0.25) is 0 Å². The number of nitrogens with one attached hydrogen (secondary N) is 1. The molecule has 33 heavy (non-hydrogen) atoms. The van der Waals surface area contributed by atoms with E-state index >= 15 is 0 Å². The summed E-state index contributed by atoms with van der Waals surface area (Å²) < 4.78 is 7.39. The quantitative estimate of drug-likeness (QED) is 0.435. The number of rotatable bonds is 5. The van der Waals surface area contributed by atoms with Gasteiger partial charge in [-0.1, -0.05) is 17.7 Å². The zero-order valence-corrected chi connectivity index (χ0v) is 19.1. The van der Waals surface area contributed by atoms with E-state index in [-0.39, 0.29) is 5.57 Å². The predicted octanol–water partition coefficient (Wildman–Crippen LogP) is 4.81. The molecule has 0 bridgehead atoms. The van der Waals surface area contributed by atoms with Gasteiger partial charge in [-0.3, -0.25) is 14.9 Å². The maximum absolute atomic E-state index is 13.2. The number of carbonyl (C=O) groups is 3. The van der Waals surface area contributed by atoms with E-state index < -0.39 is 17.8 Å². The summed E-state index contributed by atoms with van der Waals surface area (Å²) in [6, 6.07) is 15.0. The molecule has 0 saturated carbocycles. The zero-order chi connectivity index (χ0) is 23.7. The predicted molar refractivity (Wildman–Crippen MR) is 127 cm³/mol. The third kappa shape index (κ3) is 4.27. The summed E-state index contributed by atoms with van der Waals surface area (Å²) in [6.07, 6.45) is 1.51. The van der Waals surface area contributed by atoms with Gasteiger partial charge in [-0.25, -0.2) is 9.69 Å². The fourth-order valence-corrected chi connectivity index (χ4v) is 4.04. The van der Waals surface area contributed by atoms with Gasteiger partial charge >= 0.3 is 6.03 Å². The van der Waals surface area contributed by atoms with E-state index in [9.17, 15) is 14.4 Å². The van der Waals surface area contributed by atoms with Crippen LogP contribution in [0.2, 0.25) is 5.02 Å². The Labute approximate surface area is 196 Å². The molecule has 4 amide bonds. The van der Waals surface area contributed by atoms with Crippen LogP contribution in [0, 0.1) is 13.8 Å². The number of anilines is 1. The van der Waals surface area contributed by atoms with Crippen LogP contribution in [-0.2, 0) is 9.59 Å². The molecule has 1 N–H and O–H groups in total. The van der Waals surface area contributed by atoms with Crippen LogP contribution >= 0.6 is 11.6 Å². The lowest BCUT2D eigenvalue weighted by molar-refractivity contribution is -0.122. The maximum atomic E-state index is 13.2. The zero-order valence-electron chi connectivity index (χ0n) is 18.4. The van der Waals surface area contributed by atoms with Crippen molar-refractivity contribution in [1.29, 1.82) is 0 Å². The molecular weight excluding hydrogens is 442 g/mol. The number of aryl methyl sites for hydroxylation is 1. The van der Waals surface area contributed by atoms with Crippen LogP contribution in [0.1, 0.15) is 23.9 Å². The second-order valence-electron chi connectivity index (χ2n) is 7.53. The summed E-state index contributed by atoms with van der Waals surface area (Å²) in [5.41, 5.74) is 3.50. The Morgan fingerprint density at radius 3 is 2.39 bits per heavy atom. The van der Waals surface area contributed by atoms with Crippen LogP contribution in [0.4, 0.5) is 10.5 Å². The van der Waals surface area contributed by atoms with E-state index in [0.29, 0.717) is 28.6 Å². The van der Waals surface area contributed by atoms with Gasteiger partial charge in [0.15, 0.2) is 0 Å². The number of barbiturate groups is 1. The molecule has 1 fully saturated rings. The number of imide groups is 2. The Kier molecular flexibility index (Phi) is 6.07. The smallest absolute Gasteiger partial charge is 0.335 e. The normalized spacial score (nSPS) is 15.2. The van der Waals surface area contributed by atoms with E-state index in [4.69, 9.17) is 16.3 Å². The first-order chi connectivity index (χ1) is 15.8. The number of nitrogens with zero attached hydrogens (tertiary/aromatic N) is 2. The number of benzene rings is 2. The van der Waals surface area contributed by atoms with Crippen molar-refractivity contribution in [2.24, 2.45) is 0 Å². The molecule has 0 radical (unpaired) electrons. The average molecular weight is 464 g/mol. The van der Waals surface area contributed by atoms with Crippen molar-refractivity contribution in [2.45, 2.75) is 20.8 Å². The monoisotopic (exact) mass is 463 g/mol. The summed E-state index contributed by atoms with van der Waals surface area (Å²) >= 11 is 6.15. The van der Waals surface area contributed by atoms with Gasteiger partial charge in [-0.15, -0.1) is 0 Å². The van der Waals surface area contributed by atoms with Crippen LogP contribution in [0.3, 0.4) is 0 Å². The molecule has 0 spiro atoms. The van der Waals surface area contributed by atoms with Crippen molar-refractivity contribution >= 4 is 41.2 Å². The van der Waals surface area contributed by atoms with E-state index in [2.05, 4.69) is 5.32 Å². The largest absolute Gasteiger partial charge is 0.494 e. The van der Waals surface area contributed by atoms with Crippen LogP contribution in [0.15, 0.2) is 60.2 Å². The van der Waals surface area contributed by atoms with E-state index in [1.165, 1.54) is 6.08 Å². The highest BCUT2D eigenvalue weighted by atomic mass is 35.5. The highest BCUT2D eigenvalue weighted by Gasteiger charge is 2.37. The lowest BCUT2D eigenvalue weighted by Crippen LogP contribution is -2.54. The van der Waals surface area contributed by atoms with Crippen molar-refractivity contribution in [3.8, 4) is 11.4 Å². The van der Waals surface area contributed by atoms with Crippen LogP contribution in [0.25, 0.3) is 11.8 Å². The van der Waals surface area contributed by atoms with Crippen LogP contribution in [-0.4, -0.2) is 29.0 Å². The lowest BCUT2D eigenvalue weighted by atomic mass is 10.1. The Morgan fingerprint density at radius 2 is 1.73 bits per heavy atom. The molecular formula is C25H22ClN3O4. The molecule has 0 aliphatic carbocycles. The van der Waals surface area contributed by atoms with Gasteiger partial charge in [-0.05, 0) is 80.9 Å². The molecule has 1 aliphatic heterocycles. The van der Waals surface area contributed by atoms with Crippen LogP contribution < -0.4 is 15.0 Å². The van der Waals surface area contributed by atoms with Crippen molar-refractivity contribution < 1.29 is 19.1 Å². The molecule has 1 saturated heterocycles. The van der Waals surface area contributed by atoms with E-state index in [1.807, 2.05) is 49.6 Å². The summed E-state index contributed by atoms with van der Waals surface area (Å²) in [5, 5.41) is 2.85. The van der Waals surface area contributed by atoms with Gasteiger partial charge in [0.05, 0.1) is 12.3 Å². The van der Waals surface area contributed by atoms with E-state index in [1.54, 1.807) is 30.3 Å². The average Bonchev–Trinajstić information content (AvgIpc) is 3.05. The second kappa shape index (κ2) is 8.96. The van der Waals surface area contributed by atoms with Crippen LogP contribution in [0.5, 0.6) is 5.75 Å². The highest BCUT2D eigenvalue weighted by molar-refractivity contribution is 6.39. The number of aromatic nitrogens is 1. The first-order valence-corrected chi connectivity index (χ1v) is 10.8. The molecule has 4 rings (SSSR count). The van der Waals surface area contributed by atoms with Crippen molar-refractivity contribution in [3.05, 3.63) is 82.1 Å². The Bertz CT molecular complexity index is 1290. The first-order valence-electron chi connectivity index (χ1n) is 10.4. The van der Waals surface area contributed by atoms with Gasteiger partial charge in [0.25, 0.3) is 11.8 Å². The third-order valence-electron chi connectivity index (χ3n) is 5.34. The number of carbonyl (C=O) groups excluding carboxylic acids is 3. The van der Waals surface area contributed by atoms with E-state index in [0.717, 1.165) is 22.0 Å². The topological polar surface area (TPSA) is 80.6 Å². The number of hydrogen-bond acceptors (Lipinski definition) is 4. The molecule has 8 heteroatoms. The Morgan fingerprint density at radius 1 is 1.00 bits per heavy atom. The number of hydrogen-bond donors (Lipinski definition) is 1. The summed E-state index contributed by atoms with van der Waals surface area (Å²) in [7, 11) is 0. The van der Waals surface area contributed by atoms with Gasteiger partial charge in [-0.2, -0.15) is 0 Å². The molecule has 0 unspecified atom stereocenters. The highest BCUT2D eigenvalue weighted by Crippen LogP contribution is 2.27. The molecule has 2 aromatic carbocycles. The maximum Gasteiger partial charge on any atom is 0.335 e. The number of ether oxygens (including phenoxy) is 1. The molecule has 1 aliphatic rings. The number of halogens is 1. The number of amides is 4. The first kappa shape index (κ1) is 22.4. The molecule has 7 nitrogen and oxygen atoms in total.